The average molecular weight is 460 g/mol. The molecule has 0 spiro atoms. The Hall–Kier alpha value is -3.03. The highest BCUT2D eigenvalue weighted by Crippen LogP contribution is 2.42. The van der Waals surface area contributed by atoms with Gasteiger partial charge in [0, 0.05) is 30.8 Å². The topological polar surface area (TPSA) is 85.3 Å². The maximum absolute atomic E-state index is 13.0. The molecule has 0 bridgehead atoms. The van der Waals surface area contributed by atoms with Crippen molar-refractivity contribution in [3.63, 3.8) is 0 Å². The highest BCUT2D eigenvalue weighted by atomic mass is 35.5. The molecule has 7 nitrogen and oxygen atoms in total. The van der Waals surface area contributed by atoms with Gasteiger partial charge in [0.15, 0.2) is 11.5 Å². The number of benzene rings is 2. The molecule has 1 unspecified atom stereocenters. The molecule has 1 aliphatic heterocycles. The summed E-state index contributed by atoms with van der Waals surface area (Å²) >= 11 is 5.96. The largest absolute Gasteiger partial charge is 0.507 e. The van der Waals surface area contributed by atoms with Gasteiger partial charge >= 0.3 is 0 Å². The Bertz CT molecular complexity index is 1020. The van der Waals surface area contributed by atoms with E-state index in [1.165, 1.54) is 12.0 Å². The summed E-state index contributed by atoms with van der Waals surface area (Å²) in [5.41, 5.74) is 1.03. The zero-order chi connectivity index (χ0) is 23.3. The molecule has 32 heavy (non-hydrogen) atoms. The number of nitrogens with zero attached hydrogens (tertiary/aromatic N) is 1. The number of ether oxygens (including phenoxy) is 3. The third kappa shape index (κ3) is 4.74. The molecule has 1 atom stereocenters. The summed E-state index contributed by atoms with van der Waals surface area (Å²) in [4.78, 5) is 27.4. The van der Waals surface area contributed by atoms with E-state index in [1.807, 2.05) is 6.92 Å². The molecular formula is C24H26ClNO6. The zero-order valence-corrected chi connectivity index (χ0v) is 19.0. The van der Waals surface area contributed by atoms with E-state index in [2.05, 4.69) is 0 Å². The van der Waals surface area contributed by atoms with Crippen LogP contribution in [0.15, 0.2) is 48.0 Å². The first kappa shape index (κ1) is 23.6. The Morgan fingerprint density at radius 3 is 2.44 bits per heavy atom. The molecule has 8 heteroatoms. The Morgan fingerprint density at radius 1 is 1.09 bits per heavy atom. The maximum Gasteiger partial charge on any atom is 0.295 e. The monoisotopic (exact) mass is 459 g/mol. The van der Waals surface area contributed by atoms with Crippen molar-refractivity contribution in [1.82, 2.24) is 4.90 Å². The van der Waals surface area contributed by atoms with Gasteiger partial charge in [-0.1, -0.05) is 17.7 Å². The second-order valence-electron chi connectivity index (χ2n) is 7.19. The molecule has 0 saturated carbocycles. The predicted octanol–water partition coefficient (Wildman–Crippen LogP) is 4.21. The van der Waals surface area contributed by atoms with Crippen LogP contribution in [0.1, 0.15) is 30.5 Å². The van der Waals surface area contributed by atoms with Crippen LogP contribution in [0.3, 0.4) is 0 Å². The normalized spacial score (nSPS) is 17.6. The quantitative estimate of drug-likeness (QED) is 0.262. The van der Waals surface area contributed by atoms with Crippen LogP contribution in [0.25, 0.3) is 5.76 Å². The van der Waals surface area contributed by atoms with Gasteiger partial charge in [-0.05, 0) is 55.3 Å². The third-order valence-corrected chi connectivity index (χ3v) is 5.46. The van der Waals surface area contributed by atoms with Gasteiger partial charge in [0.2, 0.25) is 0 Å². The number of carbonyl (C=O) groups is 2. The van der Waals surface area contributed by atoms with Crippen molar-refractivity contribution in [2.24, 2.45) is 0 Å². The van der Waals surface area contributed by atoms with Crippen LogP contribution in [0.4, 0.5) is 0 Å². The lowest BCUT2D eigenvalue weighted by Crippen LogP contribution is -2.31. The first-order valence-corrected chi connectivity index (χ1v) is 10.6. The molecule has 1 N–H and O–H groups in total. The van der Waals surface area contributed by atoms with Gasteiger partial charge in [0.25, 0.3) is 11.7 Å². The molecule has 0 aromatic heterocycles. The number of hydrogen-bond acceptors (Lipinski definition) is 6. The van der Waals surface area contributed by atoms with E-state index in [0.29, 0.717) is 47.3 Å². The lowest BCUT2D eigenvalue weighted by Gasteiger charge is -2.26. The minimum Gasteiger partial charge on any atom is -0.507 e. The van der Waals surface area contributed by atoms with Crippen molar-refractivity contribution in [2.45, 2.75) is 19.4 Å². The highest BCUT2D eigenvalue weighted by molar-refractivity contribution is 6.46. The fraction of sp³-hybridized carbons (Fsp3) is 0.333. The molecule has 3 rings (SSSR count). The summed E-state index contributed by atoms with van der Waals surface area (Å²) < 4.78 is 16.1. The molecule has 0 aliphatic carbocycles. The predicted molar refractivity (Wildman–Crippen MR) is 121 cm³/mol. The van der Waals surface area contributed by atoms with Gasteiger partial charge in [0.1, 0.15) is 5.76 Å². The molecule has 1 amide bonds. The average Bonchev–Trinajstić information content (AvgIpc) is 3.05. The van der Waals surface area contributed by atoms with Gasteiger partial charge in [-0.3, -0.25) is 9.59 Å². The summed E-state index contributed by atoms with van der Waals surface area (Å²) in [6, 6.07) is 10.9. The van der Waals surface area contributed by atoms with E-state index in [9.17, 15) is 14.7 Å². The molecule has 1 heterocycles. The van der Waals surface area contributed by atoms with E-state index in [-0.39, 0.29) is 17.9 Å². The van der Waals surface area contributed by atoms with Gasteiger partial charge in [-0.25, -0.2) is 0 Å². The van der Waals surface area contributed by atoms with Crippen molar-refractivity contribution >= 4 is 29.1 Å². The van der Waals surface area contributed by atoms with E-state index in [0.717, 1.165) is 0 Å². The van der Waals surface area contributed by atoms with E-state index in [4.69, 9.17) is 25.8 Å². The lowest BCUT2D eigenvalue weighted by molar-refractivity contribution is -0.140. The number of rotatable bonds is 9. The smallest absolute Gasteiger partial charge is 0.295 e. The first-order chi connectivity index (χ1) is 15.4. The number of hydrogen-bond donors (Lipinski definition) is 1. The zero-order valence-electron chi connectivity index (χ0n) is 18.3. The maximum atomic E-state index is 13.0. The molecule has 2 aromatic carbocycles. The van der Waals surface area contributed by atoms with Crippen molar-refractivity contribution in [2.75, 3.05) is 34.0 Å². The second kappa shape index (κ2) is 10.5. The number of likely N-dealkylation sites (tertiary alicyclic amines) is 1. The van der Waals surface area contributed by atoms with Gasteiger partial charge < -0.3 is 24.2 Å². The third-order valence-electron chi connectivity index (χ3n) is 5.21. The van der Waals surface area contributed by atoms with Crippen LogP contribution >= 0.6 is 11.6 Å². The number of aliphatic hydroxyl groups excluding tert-OH is 1. The minimum absolute atomic E-state index is 0.0148. The standard InChI is InChI=1S/C24H26ClNO6/c1-4-32-18-11-8-16(14-19(18)31-3)21-20(22(27)15-6-9-17(25)10-7-15)23(28)24(29)26(21)12-5-13-30-2/h6-11,14,21,27H,4-5,12-13H2,1-3H3/b22-20+. The molecule has 0 radical (unpaired) electrons. The molecule has 2 aromatic rings. The molecular weight excluding hydrogens is 434 g/mol. The minimum atomic E-state index is -0.785. The summed E-state index contributed by atoms with van der Waals surface area (Å²) in [7, 11) is 3.09. The molecule has 1 saturated heterocycles. The number of Topliss-reactive ketones (excluding diaryl/α,β-unsaturated/α-hetero) is 1. The number of ketones is 1. The van der Waals surface area contributed by atoms with E-state index in [1.54, 1.807) is 49.6 Å². The molecule has 1 fully saturated rings. The van der Waals surface area contributed by atoms with Crippen molar-refractivity contribution in [3.8, 4) is 11.5 Å². The van der Waals surface area contributed by atoms with E-state index >= 15 is 0 Å². The number of methoxy groups -OCH3 is 2. The van der Waals surface area contributed by atoms with Gasteiger partial charge in [-0.2, -0.15) is 0 Å². The second-order valence-corrected chi connectivity index (χ2v) is 7.63. The fourth-order valence-corrected chi connectivity index (χ4v) is 3.85. The Kier molecular flexibility index (Phi) is 7.77. The SMILES string of the molecule is CCOc1ccc(C2/C(=C(\O)c3ccc(Cl)cc3)C(=O)C(=O)N2CCCOC)cc1OC. The van der Waals surface area contributed by atoms with Crippen molar-refractivity contribution in [1.29, 1.82) is 0 Å². The van der Waals surface area contributed by atoms with Crippen LogP contribution in [-0.2, 0) is 14.3 Å². The Labute approximate surface area is 192 Å². The van der Waals surface area contributed by atoms with Crippen LogP contribution < -0.4 is 9.47 Å². The van der Waals surface area contributed by atoms with Crippen LogP contribution in [-0.4, -0.2) is 55.7 Å². The summed E-state index contributed by atoms with van der Waals surface area (Å²) in [5.74, 6) is -0.652. The van der Waals surface area contributed by atoms with Crippen LogP contribution in [0.5, 0.6) is 11.5 Å². The number of halogens is 1. The summed E-state index contributed by atoms with van der Waals surface area (Å²) in [5, 5.41) is 11.5. The number of aliphatic hydroxyl groups is 1. The first-order valence-electron chi connectivity index (χ1n) is 10.3. The van der Waals surface area contributed by atoms with Gasteiger partial charge in [-0.15, -0.1) is 0 Å². The lowest BCUT2D eigenvalue weighted by atomic mass is 9.95. The Balaban J connectivity index is 2.14. The summed E-state index contributed by atoms with van der Waals surface area (Å²) in [6.07, 6.45) is 0.537. The van der Waals surface area contributed by atoms with Gasteiger partial charge in [0.05, 0.1) is 25.3 Å². The van der Waals surface area contributed by atoms with Crippen LogP contribution in [0, 0.1) is 0 Å². The van der Waals surface area contributed by atoms with Crippen LogP contribution in [0.2, 0.25) is 5.02 Å². The molecule has 170 valence electrons. The molecule has 1 aliphatic rings. The van der Waals surface area contributed by atoms with Crippen molar-refractivity contribution in [3.05, 3.63) is 64.2 Å². The summed E-state index contributed by atoms with van der Waals surface area (Å²) in [6.45, 7) is 3.04. The Morgan fingerprint density at radius 2 is 1.81 bits per heavy atom. The fourth-order valence-electron chi connectivity index (χ4n) is 3.73. The number of amides is 1. The number of carbonyl (C=O) groups excluding carboxylic acids is 2. The van der Waals surface area contributed by atoms with Crippen molar-refractivity contribution < 1.29 is 28.9 Å². The van der Waals surface area contributed by atoms with E-state index < -0.39 is 17.7 Å². The highest BCUT2D eigenvalue weighted by Gasteiger charge is 2.46.